The molecule has 0 amide bonds. The number of hydrogen-bond acceptors (Lipinski definition) is 3. The summed E-state index contributed by atoms with van der Waals surface area (Å²) in [5, 5.41) is 2.44. The largest absolute Gasteiger partial charge is 0.441 e. The molecule has 0 fully saturated rings. The van der Waals surface area contributed by atoms with E-state index in [0.29, 0.717) is 11.8 Å². The van der Waals surface area contributed by atoms with Gasteiger partial charge in [-0.25, -0.2) is 4.98 Å². The monoisotopic (exact) mass is 308 g/mol. The summed E-state index contributed by atoms with van der Waals surface area (Å²) in [6.45, 7) is 8.33. The van der Waals surface area contributed by atoms with Crippen molar-refractivity contribution in [2.75, 3.05) is 13.6 Å². The standard InChI is InChI=1S/C20H24N2O/c1-14(2)12-22(4)13-19-15(3)23-20(21-19)18-10-9-16-7-5-6-8-17(16)11-18/h5-11,14H,12-13H2,1-4H3. The molecular formula is C20H24N2O. The van der Waals surface area contributed by atoms with Gasteiger partial charge in [-0.05, 0) is 42.8 Å². The maximum Gasteiger partial charge on any atom is 0.226 e. The molecule has 3 heteroatoms. The van der Waals surface area contributed by atoms with Crippen LogP contribution in [-0.4, -0.2) is 23.5 Å². The van der Waals surface area contributed by atoms with E-state index in [-0.39, 0.29) is 0 Å². The van der Waals surface area contributed by atoms with E-state index in [2.05, 4.69) is 68.3 Å². The normalized spacial score (nSPS) is 11.7. The predicted octanol–water partition coefficient (Wildman–Crippen LogP) is 4.89. The Hall–Kier alpha value is -2.13. The molecule has 0 aliphatic carbocycles. The lowest BCUT2D eigenvalue weighted by atomic mass is 10.1. The third-order valence-electron chi connectivity index (χ3n) is 3.99. The Morgan fingerprint density at radius 2 is 1.83 bits per heavy atom. The summed E-state index contributed by atoms with van der Waals surface area (Å²) in [5.74, 6) is 2.26. The van der Waals surface area contributed by atoms with Crippen LogP contribution >= 0.6 is 0 Å². The van der Waals surface area contributed by atoms with E-state index in [1.165, 1.54) is 10.8 Å². The lowest BCUT2D eigenvalue weighted by Crippen LogP contribution is -2.23. The lowest BCUT2D eigenvalue weighted by molar-refractivity contribution is 0.284. The molecule has 3 rings (SSSR count). The Bertz CT molecular complexity index is 804. The first-order chi connectivity index (χ1) is 11.0. The minimum Gasteiger partial charge on any atom is -0.441 e. The molecule has 0 N–H and O–H groups in total. The first-order valence-corrected chi connectivity index (χ1v) is 8.17. The second-order valence-electron chi connectivity index (χ2n) is 6.67. The van der Waals surface area contributed by atoms with Crippen LogP contribution in [0.5, 0.6) is 0 Å². The number of nitrogens with zero attached hydrogens (tertiary/aromatic N) is 2. The van der Waals surface area contributed by atoms with Gasteiger partial charge in [0.2, 0.25) is 5.89 Å². The molecule has 3 nitrogen and oxygen atoms in total. The number of oxazole rings is 1. The molecule has 0 saturated heterocycles. The van der Waals surface area contributed by atoms with Crippen LogP contribution in [0.15, 0.2) is 46.9 Å². The second kappa shape index (κ2) is 6.55. The van der Waals surface area contributed by atoms with Crippen molar-refractivity contribution >= 4 is 10.8 Å². The van der Waals surface area contributed by atoms with E-state index in [1.54, 1.807) is 0 Å². The van der Waals surface area contributed by atoms with Crippen molar-refractivity contribution in [3.05, 3.63) is 53.9 Å². The molecule has 0 saturated carbocycles. The van der Waals surface area contributed by atoms with E-state index >= 15 is 0 Å². The van der Waals surface area contributed by atoms with Crippen molar-refractivity contribution in [1.82, 2.24) is 9.88 Å². The molecule has 1 heterocycles. The van der Waals surface area contributed by atoms with Gasteiger partial charge in [0.15, 0.2) is 0 Å². The van der Waals surface area contributed by atoms with Gasteiger partial charge in [0.1, 0.15) is 5.76 Å². The molecule has 1 aromatic heterocycles. The number of aromatic nitrogens is 1. The van der Waals surface area contributed by atoms with Gasteiger partial charge in [-0.1, -0.05) is 44.2 Å². The van der Waals surface area contributed by atoms with E-state index in [1.807, 2.05) is 6.92 Å². The average Bonchev–Trinajstić information content (AvgIpc) is 2.87. The summed E-state index contributed by atoms with van der Waals surface area (Å²) in [7, 11) is 2.13. The van der Waals surface area contributed by atoms with Gasteiger partial charge in [0.25, 0.3) is 0 Å². The van der Waals surface area contributed by atoms with Crippen molar-refractivity contribution < 1.29 is 4.42 Å². The van der Waals surface area contributed by atoms with Crippen LogP contribution in [0.4, 0.5) is 0 Å². The molecule has 2 aromatic carbocycles. The Labute approximate surface area is 137 Å². The van der Waals surface area contributed by atoms with Crippen LogP contribution in [0.25, 0.3) is 22.2 Å². The first-order valence-electron chi connectivity index (χ1n) is 8.17. The third kappa shape index (κ3) is 3.62. The van der Waals surface area contributed by atoms with Crippen molar-refractivity contribution in [3.8, 4) is 11.5 Å². The zero-order valence-corrected chi connectivity index (χ0v) is 14.3. The molecule has 0 aliphatic rings. The molecular weight excluding hydrogens is 284 g/mol. The maximum atomic E-state index is 5.92. The zero-order chi connectivity index (χ0) is 16.4. The molecule has 0 radical (unpaired) electrons. The fraction of sp³-hybridized carbons (Fsp3) is 0.350. The molecule has 0 spiro atoms. The number of rotatable bonds is 5. The van der Waals surface area contributed by atoms with Gasteiger partial charge >= 0.3 is 0 Å². The van der Waals surface area contributed by atoms with Gasteiger partial charge in [-0.3, -0.25) is 0 Å². The zero-order valence-electron chi connectivity index (χ0n) is 14.3. The highest BCUT2D eigenvalue weighted by Gasteiger charge is 2.14. The number of benzene rings is 2. The van der Waals surface area contributed by atoms with Crippen molar-refractivity contribution in [2.24, 2.45) is 5.92 Å². The Morgan fingerprint density at radius 3 is 2.57 bits per heavy atom. The molecule has 0 unspecified atom stereocenters. The minimum absolute atomic E-state index is 0.646. The minimum atomic E-state index is 0.646. The van der Waals surface area contributed by atoms with Gasteiger partial charge in [-0.15, -0.1) is 0 Å². The first kappa shape index (κ1) is 15.8. The summed E-state index contributed by atoms with van der Waals surface area (Å²) >= 11 is 0. The smallest absolute Gasteiger partial charge is 0.226 e. The fourth-order valence-corrected chi connectivity index (χ4v) is 2.96. The molecule has 120 valence electrons. The Balaban J connectivity index is 1.86. The summed E-state index contributed by atoms with van der Waals surface area (Å²) in [6, 6.07) is 14.7. The van der Waals surface area contributed by atoms with E-state index in [4.69, 9.17) is 9.40 Å². The van der Waals surface area contributed by atoms with Crippen LogP contribution in [0, 0.1) is 12.8 Å². The lowest BCUT2D eigenvalue weighted by Gasteiger charge is -2.17. The van der Waals surface area contributed by atoms with Crippen molar-refractivity contribution in [1.29, 1.82) is 0 Å². The van der Waals surface area contributed by atoms with Gasteiger partial charge in [0, 0.05) is 18.7 Å². The Kier molecular flexibility index (Phi) is 4.49. The second-order valence-corrected chi connectivity index (χ2v) is 6.67. The third-order valence-corrected chi connectivity index (χ3v) is 3.99. The van der Waals surface area contributed by atoms with E-state index in [9.17, 15) is 0 Å². The average molecular weight is 308 g/mol. The van der Waals surface area contributed by atoms with Gasteiger partial charge in [-0.2, -0.15) is 0 Å². The van der Waals surface area contributed by atoms with E-state index in [0.717, 1.165) is 30.1 Å². The number of aryl methyl sites for hydroxylation is 1. The van der Waals surface area contributed by atoms with Gasteiger partial charge < -0.3 is 9.32 Å². The quantitative estimate of drug-likeness (QED) is 0.672. The Morgan fingerprint density at radius 1 is 1.09 bits per heavy atom. The summed E-state index contributed by atoms with van der Waals surface area (Å²) in [5.41, 5.74) is 2.06. The molecule has 23 heavy (non-hydrogen) atoms. The predicted molar refractivity (Wildman–Crippen MR) is 95.4 cm³/mol. The van der Waals surface area contributed by atoms with Crippen LogP contribution in [0.1, 0.15) is 25.3 Å². The summed E-state index contributed by atoms with van der Waals surface area (Å²) < 4.78 is 5.92. The molecule has 0 atom stereocenters. The highest BCUT2D eigenvalue weighted by Crippen LogP contribution is 2.26. The van der Waals surface area contributed by atoms with Gasteiger partial charge in [0.05, 0.1) is 5.69 Å². The number of hydrogen-bond donors (Lipinski definition) is 0. The fourth-order valence-electron chi connectivity index (χ4n) is 2.96. The van der Waals surface area contributed by atoms with Crippen molar-refractivity contribution in [3.63, 3.8) is 0 Å². The maximum absolute atomic E-state index is 5.92. The van der Waals surface area contributed by atoms with Crippen LogP contribution in [-0.2, 0) is 6.54 Å². The highest BCUT2D eigenvalue weighted by atomic mass is 16.4. The SMILES string of the molecule is Cc1oc(-c2ccc3ccccc3c2)nc1CN(C)CC(C)C. The molecule has 0 aliphatic heterocycles. The highest BCUT2D eigenvalue weighted by molar-refractivity contribution is 5.86. The number of fused-ring (bicyclic) bond motifs is 1. The summed E-state index contributed by atoms with van der Waals surface area (Å²) in [6.07, 6.45) is 0. The molecule has 0 bridgehead atoms. The molecule has 3 aromatic rings. The summed E-state index contributed by atoms with van der Waals surface area (Å²) in [4.78, 5) is 7.02. The van der Waals surface area contributed by atoms with Crippen LogP contribution in [0.2, 0.25) is 0 Å². The van der Waals surface area contributed by atoms with Crippen molar-refractivity contribution in [2.45, 2.75) is 27.3 Å². The topological polar surface area (TPSA) is 29.3 Å². The van der Waals surface area contributed by atoms with Crippen LogP contribution in [0.3, 0.4) is 0 Å². The van der Waals surface area contributed by atoms with E-state index < -0.39 is 0 Å². The van der Waals surface area contributed by atoms with Crippen LogP contribution < -0.4 is 0 Å².